The van der Waals surface area contributed by atoms with Gasteiger partial charge >= 0.3 is 0 Å². The third-order valence-electron chi connectivity index (χ3n) is 4.25. The Bertz CT molecular complexity index is 1060. The van der Waals surface area contributed by atoms with Gasteiger partial charge in [0.25, 0.3) is 5.91 Å². The lowest BCUT2D eigenvalue weighted by Gasteiger charge is -2.15. The molecular weight excluding hydrogens is 408 g/mol. The first-order valence-electron chi connectivity index (χ1n) is 9.26. The van der Waals surface area contributed by atoms with Gasteiger partial charge in [-0.05, 0) is 48.5 Å². The molecule has 0 fully saturated rings. The Morgan fingerprint density at radius 2 is 1.74 bits per heavy atom. The SMILES string of the molecule is O=C(CO)NCc1cc(Oc2ccc(F)cc2)c(CNC(=O)c2cccnc2)cc1F. The van der Waals surface area contributed by atoms with E-state index in [1.165, 1.54) is 48.8 Å². The molecule has 0 aliphatic heterocycles. The number of halogens is 2. The predicted octanol–water partition coefficient (Wildman–Crippen LogP) is 2.69. The van der Waals surface area contributed by atoms with E-state index in [-0.39, 0.29) is 24.4 Å². The number of carbonyl (C=O) groups excluding carboxylic acids is 2. The highest BCUT2D eigenvalue weighted by Crippen LogP contribution is 2.29. The largest absolute Gasteiger partial charge is 0.457 e. The minimum Gasteiger partial charge on any atom is -0.457 e. The van der Waals surface area contributed by atoms with Gasteiger partial charge in [-0.1, -0.05) is 0 Å². The fourth-order valence-electron chi connectivity index (χ4n) is 2.66. The van der Waals surface area contributed by atoms with Crippen LogP contribution in [0.1, 0.15) is 21.5 Å². The highest BCUT2D eigenvalue weighted by atomic mass is 19.1. The number of ether oxygens (including phenoxy) is 1. The molecule has 0 aliphatic carbocycles. The lowest BCUT2D eigenvalue weighted by molar-refractivity contribution is -0.123. The van der Waals surface area contributed by atoms with E-state index in [1.54, 1.807) is 12.1 Å². The predicted molar refractivity (Wildman–Crippen MR) is 107 cm³/mol. The number of rotatable bonds is 8. The topological polar surface area (TPSA) is 101 Å². The third-order valence-corrected chi connectivity index (χ3v) is 4.25. The van der Waals surface area contributed by atoms with Gasteiger partial charge in [0.15, 0.2) is 0 Å². The van der Waals surface area contributed by atoms with Crippen LogP contribution in [-0.2, 0) is 17.9 Å². The molecule has 0 spiro atoms. The molecule has 3 N–H and O–H groups in total. The Morgan fingerprint density at radius 1 is 1.00 bits per heavy atom. The molecule has 0 saturated carbocycles. The van der Waals surface area contributed by atoms with E-state index in [0.29, 0.717) is 16.9 Å². The molecular formula is C22H19F2N3O4. The number of pyridine rings is 1. The molecule has 0 unspecified atom stereocenters. The second-order valence-corrected chi connectivity index (χ2v) is 6.47. The van der Waals surface area contributed by atoms with E-state index >= 15 is 0 Å². The minimum atomic E-state index is -0.723. The normalized spacial score (nSPS) is 10.4. The molecule has 2 amide bonds. The molecule has 0 radical (unpaired) electrons. The Kier molecular flexibility index (Phi) is 7.23. The standard InChI is InChI=1S/C22H19F2N3O4/c23-17-3-5-18(6-4-17)31-20-9-15(11-26-21(29)13-28)19(24)8-16(20)12-27-22(30)14-2-1-7-25-10-14/h1-10,28H,11-13H2,(H,26,29)(H,27,30). The van der Waals surface area contributed by atoms with Gasteiger partial charge in [0.2, 0.25) is 5.91 Å². The zero-order valence-electron chi connectivity index (χ0n) is 16.3. The number of nitrogens with one attached hydrogen (secondary N) is 2. The van der Waals surface area contributed by atoms with E-state index in [2.05, 4.69) is 15.6 Å². The molecule has 3 rings (SSSR count). The molecule has 0 saturated heterocycles. The lowest BCUT2D eigenvalue weighted by Crippen LogP contribution is -2.26. The van der Waals surface area contributed by atoms with Crippen LogP contribution in [0, 0.1) is 11.6 Å². The van der Waals surface area contributed by atoms with Crippen molar-refractivity contribution in [1.82, 2.24) is 15.6 Å². The zero-order valence-corrected chi connectivity index (χ0v) is 16.3. The average molecular weight is 427 g/mol. The highest BCUT2D eigenvalue weighted by Gasteiger charge is 2.15. The van der Waals surface area contributed by atoms with Crippen LogP contribution >= 0.6 is 0 Å². The van der Waals surface area contributed by atoms with E-state index in [0.717, 1.165) is 0 Å². The summed E-state index contributed by atoms with van der Waals surface area (Å²) in [5.41, 5.74) is 0.782. The minimum absolute atomic E-state index is 0.0511. The molecule has 0 aliphatic rings. The first kappa shape index (κ1) is 21.8. The summed E-state index contributed by atoms with van der Waals surface area (Å²) in [7, 11) is 0. The number of carbonyl (C=O) groups is 2. The van der Waals surface area contributed by atoms with Gasteiger partial charge in [0, 0.05) is 36.6 Å². The number of nitrogens with zero attached hydrogens (tertiary/aromatic N) is 1. The summed E-state index contributed by atoms with van der Waals surface area (Å²) in [5, 5.41) is 13.8. The monoisotopic (exact) mass is 427 g/mol. The van der Waals surface area contributed by atoms with Gasteiger partial charge in [0.05, 0.1) is 5.56 Å². The Balaban J connectivity index is 1.84. The molecule has 0 atom stereocenters. The van der Waals surface area contributed by atoms with Crippen LogP contribution in [0.3, 0.4) is 0 Å². The molecule has 7 nitrogen and oxygen atoms in total. The number of aliphatic hydroxyl groups is 1. The van der Waals surface area contributed by atoms with Gasteiger partial charge in [-0.3, -0.25) is 14.6 Å². The number of aromatic nitrogens is 1. The lowest BCUT2D eigenvalue weighted by atomic mass is 10.1. The van der Waals surface area contributed by atoms with Gasteiger partial charge < -0.3 is 20.5 Å². The second kappa shape index (κ2) is 10.3. The molecule has 9 heteroatoms. The summed E-state index contributed by atoms with van der Waals surface area (Å²) in [5.74, 6) is -1.61. The number of hydrogen-bond donors (Lipinski definition) is 3. The maximum absolute atomic E-state index is 14.6. The third kappa shape index (κ3) is 6.06. The summed E-state index contributed by atoms with van der Waals surface area (Å²) in [6.45, 7) is -0.948. The van der Waals surface area contributed by atoms with E-state index in [4.69, 9.17) is 9.84 Å². The molecule has 0 bridgehead atoms. The summed E-state index contributed by atoms with van der Waals surface area (Å²) in [6.07, 6.45) is 2.94. The summed E-state index contributed by atoms with van der Waals surface area (Å²) in [6, 6.07) is 11.0. The van der Waals surface area contributed by atoms with Gasteiger partial charge in [-0.2, -0.15) is 0 Å². The van der Waals surface area contributed by atoms with Crippen molar-refractivity contribution in [1.29, 1.82) is 0 Å². The Hall–Kier alpha value is -3.85. The van der Waals surface area contributed by atoms with Crippen LogP contribution in [0.5, 0.6) is 11.5 Å². The quantitative estimate of drug-likeness (QED) is 0.513. The smallest absolute Gasteiger partial charge is 0.253 e. The van der Waals surface area contributed by atoms with Crippen LogP contribution in [-0.4, -0.2) is 28.5 Å². The summed E-state index contributed by atoms with van der Waals surface area (Å²) >= 11 is 0. The Labute approximate surface area is 176 Å². The molecule has 3 aromatic rings. The highest BCUT2D eigenvalue weighted by molar-refractivity contribution is 5.93. The van der Waals surface area contributed by atoms with Crippen molar-refractivity contribution >= 4 is 11.8 Å². The van der Waals surface area contributed by atoms with Crippen LogP contribution in [0.25, 0.3) is 0 Å². The molecule has 2 aromatic carbocycles. The average Bonchev–Trinajstić information content (AvgIpc) is 2.79. The molecule has 31 heavy (non-hydrogen) atoms. The zero-order chi connectivity index (χ0) is 22.2. The first-order chi connectivity index (χ1) is 15.0. The van der Waals surface area contributed by atoms with E-state index in [1.807, 2.05) is 0 Å². The maximum atomic E-state index is 14.6. The van der Waals surface area contributed by atoms with Crippen molar-refractivity contribution < 1.29 is 28.2 Å². The van der Waals surface area contributed by atoms with E-state index in [9.17, 15) is 18.4 Å². The van der Waals surface area contributed by atoms with Gasteiger partial charge in [-0.25, -0.2) is 8.78 Å². The van der Waals surface area contributed by atoms with Crippen LogP contribution in [0.2, 0.25) is 0 Å². The maximum Gasteiger partial charge on any atom is 0.253 e. The van der Waals surface area contributed by atoms with Crippen molar-refractivity contribution in [2.75, 3.05) is 6.61 Å². The van der Waals surface area contributed by atoms with Crippen molar-refractivity contribution in [2.45, 2.75) is 13.1 Å². The van der Waals surface area contributed by atoms with Crippen molar-refractivity contribution in [3.63, 3.8) is 0 Å². The number of hydrogen-bond acceptors (Lipinski definition) is 5. The Morgan fingerprint density at radius 3 is 2.42 bits per heavy atom. The van der Waals surface area contributed by atoms with Crippen LogP contribution < -0.4 is 15.4 Å². The summed E-state index contributed by atoms with van der Waals surface area (Å²) < 4.78 is 33.5. The fraction of sp³-hybridized carbons (Fsp3) is 0.136. The van der Waals surface area contributed by atoms with E-state index < -0.39 is 30.1 Å². The second-order valence-electron chi connectivity index (χ2n) is 6.47. The van der Waals surface area contributed by atoms with Crippen molar-refractivity contribution in [3.8, 4) is 11.5 Å². The van der Waals surface area contributed by atoms with Crippen LogP contribution in [0.4, 0.5) is 8.78 Å². The fourth-order valence-corrected chi connectivity index (χ4v) is 2.66. The number of benzene rings is 2. The van der Waals surface area contributed by atoms with Crippen molar-refractivity contribution in [2.24, 2.45) is 0 Å². The number of amides is 2. The molecule has 160 valence electrons. The molecule has 1 aromatic heterocycles. The number of aliphatic hydroxyl groups excluding tert-OH is 1. The van der Waals surface area contributed by atoms with Crippen LogP contribution in [0.15, 0.2) is 60.9 Å². The van der Waals surface area contributed by atoms with Gasteiger partial charge in [0.1, 0.15) is 29.7 Å². The first-order valence-corrected chi connectivity index (χ1v) is 9.26. The summed E-state index contributed by atoms with van der Waals surface area (Å²) in [4.78, 5) is 27.4. The van der Waals surface area contributed by atoms with Gasteiger partial charge in [-0.15, -0.1) is 0 Å². The molecule has 1 heterocycles. The van der Waals surface area contributed by atoms with Crippen molar-refractivity contribution in [3.05, 3.63) is 89.2 Å².